The van der Waals surface area contributed by atoms with E-state index in [0.717, 1.165) is 0 Å². The molecule has 0 spiro atoms. The van der Waals surface area contributed by atoms with Crippen molar-refractivity contribution in [2.75, 3.05) is 0 Å². The first kappa shape index (κ1) is 12.0. The Bertz CT molecular complexity index is 301. The van der Waals surface area contributed by atoms with E-state index in [1.165, 1.54) is 0 Å². The molecule has 0 heterocycles. The van der Waals surface area contributed by atoms with E-state index >= 15 is 0 Å². The normalized spacial score (nSPS) is 10.0. The molecule has 0 saturated heterocycles. The standard InChI is InChI=1S/C8H8O6/c9-5(1-2-7(11)12)3-6(10)4-8(13)14/h1-2H,3-4H2,(H,11,12)(H,13,14)/p-2/b2-1+. The van der Waals surface area contributed by atoms with E-state index in [-0.39, 0.29) is 0 Å². The summed E-state index contributed by atoms with van der Waals surface area (Å²) >= 11 is 0. The number of aliphatic carboxylic acids is 2. The Morgan fingerprint density at radius 3 is 1.93 bits per heavy atom. The molecule has 0 N–H and O–H groups in total. The maximum atomic E-state index is 10.7. The molecule has 0 radical (unpaired) electrons. The first-order valence-electron chi connectivity index (χ1n) is 3.55. The minimum Gasteiger partial charge on any atom is -0.550 e. The van der Waals surface area contributed by atoms with Crippen LogP contribution in [0.25, 0.3) is 0 Å². The van der Waals surface area contributed by atoms with Crippen LogP contribution in [0, 0.1) is 0 Å². The molecule has 0 aromatic heterocycles. The van der Waals surface area contributed by atoms with Crippen molar-refractivity contribution >= 4 is 23.5 Å². The first-order chi connectivity index (χ1) is 6.41. The zero-order valence-corrected chi connectivity index (χ0v) is 7.02. The fraction of sp³-hybridized carbons (Fsp3) is 0.250. The van der Waals surface area contributed by atoms with Crippen LogP contribution in [0.3, 0.4) is 0 Å². The molecule has 0 saturated carbocycles. The van der Waals surface area contributed by atoms with Gasteiger partial charge in [-0.1, -0.05) is 0 Å². The lowest BCUT2D eigenvalue weighted by Gasteiger charge is -1.98. The number of carboxylic acid groups (broad SMARTS) is 2. The average Bonchev–Trinajstić information content (AvgIpc) is 1.98. The lowest BCUT2D eigenvalue weighted by molar-refractivity contribution is -0.304. The van der Waals surface area contributed by atoms with Gasteiger partial charge in [0.2, 0.25) is 0 Å². The van der Waals surface area contributed by atoms with E-state index < -0.39 is 36.3 Å². The molecule has 14 heavy (non-hydrogen) atoms. The number of carbonyl (C=O) groups is 4. The molecular weight excluding hydrogens is 192 g/mol. The molecule has 0 aromatic rings. The second kappa shape index (κ2) is 5.63. The van der Waals surface area contributed by atoms with Gasteiger partial charge in [0.1, 0.15) is 5.78 Å². The van der Waals surface area contributed by atoms with Crippen molar-refractivity contribution in [2.24, 2.45) is 0 Å². The summed E-state index contributed by atoms with van der Waals surface area (Å²) < 4.78 is 0. The molecular formula is C8H6O6-2. The van der Waals surface area contributed by atoms with E-state index in [9.17, 15) is 29.4 Å². The molecule has 0 unspecified atom stereocenters. The number of rotatable bonds is 6. The topological polar surface area (TPSA) is 114 Å². The summed E-state index contributed by atoms with van der Waals surface area (Å²) in [6, 6.07) is 0. The van der Waals surface area contributed by atoms with Crippen molar-refractivity contribution in [3.63, 3.8) is 0 Å². The number of Topliss-reactive ketones (excluding diaryl/α,β-unsaturated/α-hetero) is 1. The van der Waals surface area contributed by atoms with Crippen LogP contribution in [0.4, 0.5) is 0 Å². The fourth-order valence-electron chi connectivity index (χ4n) is 0.638. The minimum absolute atomic E-state index is 0.467. The monoisotopic (exact) mass is 198 g/mol. The number of carboxylic acids is 2. The SMILES string of the molecule is O=C([O-])/C=C/C(=O)CC(=O)CC(=O)[O-]. The lowest BCUT2D eigenvalue weighted by Crippen LogP contribution is -2.26. The molecule has 0 aliphatic rings. The van der Waals surface area contributed by atoms with Gasteiger partial charge in [0.15, 0.2) is 5.78 Å². The quantitative estimate of drug-likeness (QED) is 0.331. The molecule has 0 atom stereocenters. The Hall–Kier alpha value is -1.98. The largest absolute Gasteiger partial charge is 0.550 e. The van der Waals surface area contributed by atoms with Gasteiger partial charge in [-0.15, -0.1) is 0 Å². The van der Waals surface area contributed by atoms with Gasteiger partial charge in [0.25, 0.3) is 0 Å². The third-order valence-corrected chi connectivity index (χ3v) is 1.12. The van der Waals surface area contributed by atoms with Crippen LogP contribution in [-0.4, -0.2) is 23.5 Å². The zero-order chi connectivity index (χ0) is 11.1. The maximum absolute atomic E-state index is 10.7. The summed E-state index contributed by atoms with van der Waals surface area (Å²) in [4.78, 5) is 41.1. The molecule has 0 aliphatic carbocycles. The minimum atomic E-state index is -1.58. The Balaban J connectivity index is 4.01. The highest BCUT2D eigenvalue weighted by atomic mass is 16.4. The van der Waals surface area contributed by atoms with Crippen molar-refractivity contribution < 1.29 is 29.4 Å². The smallest absolute Gasteiger partial charge is 0.163 e. The highest BCUT2D eigenvalue weighted by Gasteiger charge is 2.06. The second-order valence-corrected chi connectivity index (χ2v) is 2.38. The van der Waals surface area contributed by atoms with E-state index in [0.29, 0.717) is 12.2 Å². The van der Waals surface area contributed by atoms with E-state index in [1.807, 2.05) is 0 Å². The summed E-state index contributed by atoms with van der Waals surface area (Å²) in [6.07, 6.45) is -0.403. The third-order valence-electron chi connectivity index (χ3n) is 1.12. The van der Waals surface area contributed by atoms with Gasteiger partial charge in [-0.25, -0.2) is 0 Å². The molecule has 6 nitrogen and oxygen atoms in total. The van der Waals surface area contributed by atoms with Crippen LogP contribution >= 0.6 is 0 Å². The molecule has 0 fully saturated rings. The third kappa shape index (κ3) is 6.71. The fourth-order valence-corrected chi connectivity index (χ4v) is 0.638. The van der Waals surface area contributed by atoms with Gasteiger partial charge in [-0.2, -0.15) is 0 Å². The van der Waals surface area contributed by atoms with E-state index in [2.05, 4.69) is 0 Å². The molecule has 0 bridgehead atoms. The van der Waals surface area contributed by atoms with Crippen molar-refractivity contribution in [1.82, 2.24) is 0 Å². The van der Waals surface area contributed by atoms with Crippen molar-refractivity contribution in [1.29, 1.82) is 0 Å². The van der Waals surface area contributed by atoms with Crippen molar-refractivity contribution in [3.8, 4) is 0 Å². The molecule has 6 heteroatoms. The Kier molecular flexibility index (Phi) is 4.83. The van der Waals surface area contributed by atoms with E-state index in [4.69, 9.17) is 0 Å². The second-order valence-electron chi connectivity index (χ2n) is 2.38. The van der Waals surface area contributed by atoms with Gasteiger partial charge < -0.3 is 19.8 Å². The first-order valence-corrected chi connectivity index (χ1v) is 3.55. The molecule has 76 valence electrons. The lowest BCUT2D eigenvalue weighted by atomic mass is 10.1. The van der Waals surface area contributed by atoms with Crippen LogP contribution in [-0.2, 0) is 19.2 Å². The Morgan fingerprint density at radius 1 is 0.929 bits per heavy atom. The Morgan fingerprint density at radius 2 is 1.50 bits per heavy atom. The summed E-state index contributed by atoms with van der Waals surface area (Å²) in [6.45, 7) is 0. The predicted molar refractivity (Wildman–Crippen MR) is 38.4 cm³/mol. The van der Waals surface area contributed by atoms with Gasteiger partial charge in [0.05, 0.1) is 12.4 Å². The van der Waals surface area contributed by atoms with Gasteiger partial charge in [0, 0.05) is 12.4 Å². The summed E-state index contributed by atoms with van der Waals surface area (Å²) in [7, 11) is 0. The Labute approximate surface area is 78.8 Å². The van der Waals surface area contributed by atoms with Crippen molar-refractivity contribution in [3.05, 3.63) is 12.2 Å². The molecule has 0 aliphatic heterocycles. The average molecular weight is 198 g/mol. The number of allylic oxidation sites excluding steroid dienone is 1. The highest BCUT2D eigenvalue weighted by Crippen LogP contribution is 1.92. The highest BCUT2D eigenvalue weighted by molar-refractivity contribution is 6.09. The van der Waals surface area contributed by atoms with E-state index in [1.54, 1.807) is 0 Å². The number of hydrogen-bond acceptors (Lipinski definition) is 6. The molecule has 0 rings (SSSR count). The number of hydrogen-bond donors (Lipinski definition) is 0. The van der Waals surface area contributed by atoms with Crippen molar-refractivity contribution in [2.45, 2.75) is 12.8 Å². The van der Waals surface area contributed by atoms with Gasteiger partial charge >= 0.3 is 0 Å². The zero-order valence-electron chi connectivity index (χ0n) is 7.02. The predicted octanol–water partition coefficient (Wildman–Crippen LogP) is -3.04. The summed E-state index contributed by atoms with van der Waals surface area (Å²) in [5.74, 6) is -4.77. The van der Waals surface area contributed by atoms with Crippen LogP contribution < -0.4 is 10.2 Å². The summed E-state index contributed by atoms with van der Waals surface area (Å²) in [5, 5.41) is 19.7. The number of carbonyl (C=O) groups excluding carboxylic acids is 4. The summed E-state index contributed by atoms with van der Waals surface area (Å²) in [5.41, 5.74) is 0. The van der Waals surface area contributed by atoms with Crippen LogP contribution in [0.2, 0.25) is 0 Å². The van der Waals surface area contributed by atoms with Crippen LogP contribution in [0.1, 0.15) is 12.8 Å². The molecule has 0 amide bonds. The van der Waals surface area contributed by atoms with Crippen LogP contribution in [0.15, 0.2) is 12.2 Å². The van der Waals surface area contributed by atoms with Crippen LogP contribution in [0.5, 0.6) is 0 Å². The van der Waals surface area contributed by atoms with Gasteiger partial charge in [-0.05, 0) is 12.2 Å². The maximum Gasteiger partial charge on any atom is 0.163 e. The molecule has 0 aromatic carbocycles. The number of ketones is 2. The van der Waals surface area contributed by atoms with Gasteiger partial charge in [-0.3, -0.25) is 9.59 Å².